The molecule has 1 aromatic heterocycles. The molecule has 0 bridgehead atoms. The summed E-state index contributed by atoms with van der Waals surface area (Å²) in [6, 6.07) is 32.1. The Morgan fingerprint density at radius 3 is 2.17 bits per heavy atom. The quantitative estimate of drug-likeness (QED) is 0.374. The number of hydrogen-bond donors (Lipinski definition) is 1. The number of carbonyl (C=O) groups is 1. The number of rotatable bonds is 8. The summed E-state index contributed by atoms with van der Waals surface area (Å²) in [4.78, 5) is 15.0. The van der Waals surface area contributed by atoms with Gasteiger partial charge in [-0.2, -0.15) is 0 Å². The largest absolute Gasteiger partial charge is 0.489 e. The van der Waals surface area contributed by atoms with E-state index in [-0.39, 0.29) is 11.8 Å². The molecule has 1 N–H and O–H groups in total. The highest BCUT2D eigenvalue weighted by Gasteiger charge is 2.25. The van der Waals surface area contributed by atoms with E-state index in [9.17, 15) is 4.79 Å². The molecule has 1 aliphatic heterocycles. The fourth-order valence-electron chi connectivity index (χ4n) is 4.41. The van der Waals surface area contributed by atoms with E-state index in [1.54, 1.807) is 0 Å². The van der Waals surface area contributed by atoms with Crippen LogP contribution >= 0.6 is 0 Å². The zero-order valence-corrected chi connectivity index (χ0v) is 20.2. The Morgan fingerprint density at radius 1 is 0.806 bits per heavy atom. The zero-order valence-electron chi connectivity index (χ0n) is 20.2. The molecule has 4 aromatic rings. The van der Waals surface area contributed by atoms with Gasteiger partial charge < -0.3 is 15.0 Å². The number of nitrogens with one attached hydrogen (secondary N) is 1. The van der Waals surface area contributed by atoms with Gasteiger partial charge in [-0.25, -0.2) is 0 Å². The van der Waals surface area contributed by atoms with Crippen molar-refractivity contribution in [1.29, 1.82) is 0 Å². The molecule has 0 radical (unpaired) electrons. The lowest BCUT2D eigenvalue weighted by molar-refractivity contribution is -0.125. The predicted octanol–water partition coefficient (Wildman–Crippen LogP) is 5.26. The van der Waals surface area contributed by atoms with Gasteiger partial charge in [0.15, 0.2) is 5.82 Å². The first-order chi connectivity index (χ1) is 17.7. The van der Waals surface area contributed by atoms with Gasteiger partial charge in [0.05, 0.1) is 5.69 Å². The van der Waals surface area contributed by atoms with E-state index in [0.717, 1.165) is 59.9 Å². The lowest BCUT2D eigenvalue weighted by Gasteiger charge is -2.31. The summed E-state index contributed by atoms with van der Waals surface area (Å²) in [5.74, 6) is 1.82. The van der Waals surface area contributed by atoms with Crippen molar-refractivity contribution >= 4 is 11.7 Å². The molecule has 5 rings (SSSR count). The van der Waals surface area contributed by atoms with Gasteiger partial charge in [-0.3, -0.25) is 4.79 Å². The summed E-state index contributed by atoms with van der Waals surface area (Å²) >= 11 is 0. The Bertz CT molecular complexity index is 1240. The molecule has 0 aliphatic carbocycles. The smallest absolute Gasteiger partial charge is 0.223 e. The first-order valence-corrected chi connectivity index (χ1v) is 12.4. The van der Waals surface area contributed by atoms with Crippen molar-refractivity contribution in [2.45, 2.75) is 26.0 Å². The van der Waals surface area contributed by atoms with Crippen molar-refractivity contribution in [1.82, 2.24) is 15.5 Å². The minimum absolute atomic E-state index is 0.0197. The van der Waals surface area contributed by atoms with Crippen molar-refractivity contribution in [3.05, 3.63) is 108 Å². The fourth-order valence-corrected chi connectivity index (χ4v) is 4.41. The van der Waals surface area contributed by atoms with Crippen molar-refractivity contribution < 1.29 is 9.53 Å². The van der Waals surface area contributed by atoms with Crippen LogP contribution in [0.2, 0.25) is 0 Å². The van der Waals surface area contributed by atoms with Gasteiger partial charge in [-0.1, -0.05) is 72.8 Å². The highest BCUT2D eigenvalue weighted by molar-refractivity contribution is 5.79. The molecule has 6 heteroatoms. The first-order valence-electron chi connectivity index (χ1n) is 12.4. The van der Waals surface area contributed by atoms with E-state index in [4.69, 9.17) is 4.74 Å². The fraction of sp³-hybridized carbons (Fsp3) is 0.233. The predicted molar refractivity (Wildman–Crippen MR) is 141 cm³/mol. The molecule has 1 saturated heterocycles. The van der Waals surface area contributed by atoms with Crippen molar-refractivity contribution in [3.8, 4) is 17.0 Å². The second-order valence-electron chi connectivity index (χ2n) is 9.04. The van der Waals surface area contributed by atoms with E-state index < -0.39 is 0 Å². The highest BCUT2D eigenvalue weighted by atomic mass is 16.5. The number of benzene rings is 3. The molecule has 182 valence electrons. The summed E-state index contributed by atoms with van der Waals surface area (Å²) in [6.07, 6.45) is 1.61. The van der Waals surface area contributed by atoms with E-state index in [1.807, 2.05) is 97.1 Å². The Hall–Kier alpha value is -4.19. The summed E-state index contributed by atoms with van der Waals surface area (Å²) in [6.45, 7) is 2.65. The average Bonchev–Trinajstić information content (AvgIpc) is 2.96. The minimum atomic E-state index is 0.0197. The van der Waals surface area contributed by atoms with Crippen LogP contribution < -0.4 is 15.0 Å². The topological polar surface area (TPSA) is 67.3 Å². The monoisotopic (exact) mass is 478 g/mol. The van der Waals surface area contributed by atoms with Gasteiger partial charge in [0, 0.05) is 31.1 Å². The maximum atomic E-state index is 12.8. The standard InChI is InChI=1S/C30H30N4O2/c35-30(31-21-23-11-13-27(14-12-23)36-22-24-7-3-1-4-8-24)26-17-19-34(20-18-26)29-16-15-28(32-33-29)25-9-5-2-6-10-25/h1-16,26H,17-22H2,(H,31,35). The van der Waals surface area contributed by atoms with E-state index >= 15 is 0 Å². The third-order valence-electron chi connectivity index (χ3n) is 6.55. The molecule has 2 heterocycles. The Kier molecular flexibility index (Phi) is 7.52. The van der Waals surface area contributed by atoms with Crippen LogP contribution in [0, 0.1) is 5.92 Å². The molecule has 0 spiro atoms. The van der Waals surface area contributed by atoms with Gasteiger partial charge in [-0.05, 0) is 48.2 Å². The molecule has 6 nitrogen and oxygen atoms in total. The van der Waals surface area contributed by atoms with Crippen LogP contribution in [0.25, 0.3) is 11.3 Å². The van der Waals surface area contributed by atoms with Gasteiger partial charge in [0.1, 0.15) is 12.4 Å². The zero-order chi connectivity index (χ0) is 24.6. The van der Waals surface area contributed by atoms with E-state index in [2.05, 4.69) is 20.4 Å². The third kappa shape index (κ3) is 6.08. The Morgan fingerprint density at radius 2 is 1.50 bits per heavy atom. The van der Waals surface area contributed by atoms with Crippen LogP contribution in [-0.4, -0.2) is 29.2 Å². The molecule has 3 aromatic carbocycles. The van der Waals surface area contributed by atoms with E-state index in [1.165, 1.54) is 0 Å². The maximum absolute atomic E-state index is 12.8. The number of aromatic nitrogens is 2. The molecule has 36 heavy (non-hydrogen) atoms. The molecule has 1 fully saturated rings. The second-order valence-corrected chi connectivity index (χ2v) is 9.04. The van der Waals surface area contributed by atoms with Crippen molar-refractivity contribution in [3.63, 3.8) is 0 Å². The molecule has 1 aliphatic rings. The van der Waals surface area contributed by atoms with Crippen LogP contribution in [-0.2, 0) is 17.9 Å². The SMILES string of the molecule is O=C(NCc1ccc(OCc2ccccc2)cc1)C1CCN(c2ccc(-c3ccccc3)nn2)CC1. The van der Waals surface area contributed by atoms with Crippen LogP contribution in [0.5, 0.6) is 5.75 Å². The molecular formula is C30H30N4O2. The highest BCUT2D eigenvalue weighted by Crippen LogP contribution is 2.24. The Labute approximate surface area is 212 Å². The molecule has 0 saturated carbocycles. The number of ether oxygens (including phenoxy) is 1. The van der Waals surface area contributed by atoms with Crippen molar-refractivity contribution in [2.75, 3.05) is 18.0 Å². The number of hydrogen-bond acceptors (Lipinski definition) is 5. The number of nitrogens with zero attached hydrogens (tertiary/aromatic N) is 3. The number of piperidine rings is 1. The third-order valence-corrected chi connectivity index (χ3v) is 6.55. The van der Waals surface area contributed by atoms with Crippen LogP contribution in [0.1, 0.15) is 24.0 Å². The summed E-state index contributed by atoms with van der Waals surface area (Å²) in [5.41, 5.74) is 4.11. The number of anilines is 1. The molecular weight excluding hydrogens is 448 g/mol. The summed E-state index contributed by atoms with van der Waals surface area (Å²) < 4.78 is 5.84. The van der Waals surface area contributed by atoms with Gasteiger partial charge >= 0.3 is 0 Å². The average molecular weight is 479 g/mol. The van der Waals surface area contributed by atoms with Crippen LogP contribution in [0.4, 0.5) is 5.82 Å². The lowest BCUT2D eigenvalue weighted by atomic mass is 9.96. The summed E-state index contributed by atoms with van der Waals surface area (Å²) in [7, 11) is 0. The van der Waals surface area contributed by atoms with Crippen molar-refractivity contribution in [2.24, 2.45) is 5.92 Å². The van der Waals surface area contributed by atoms with Crippen LogP contribution in [0.15, 0.2) is 97.1 Å². The normalized spacial score (nSPS) is 13.8. The Balaban J connectivity index is 1.06. The minimum Gasteiger partial charge on any atom is -0.489 e. The lowest BCUT2D eigenvalue weighted by Crippen LogP contribution is -2.40. The van der Waals surface area contributed by atoms with Gasteiger partial charge in [-0.15, -0.1) is 10.2 Å². The maximum Gasteiger partial charge on any atom is 0.223 e. The number of carbonyl (C=O) groups excluding carboxylic acids is 1. The first kappa shape index (κ1) is 23.5. The molecule has 1 amide bonds. The molecule has 0 atom stereocenters. The molecule has 0 unspecified atom stereocenters. The second kappa shape index (κ2) is 11.5. The van der Waals surface area contributed by atoms with Gasteiger partial charge in [0.25, 0.3) is 0 Å². The van der Waals surface area contributed by atoms with Crippen LogP contribution in [0.3, 0.4) is 0 Å². The number of amides is 1. The van der Waals surface area contributed by atoms with E-state index in [0.29, 0.717) is 13.2 Å². The van der Waals surface area contributed by atoms with Gasteiger partial charge in [0.2, 0.25) is 5.91 Å². The summed E-state index contributed by atoms with van der Waals surface area (Å²) in [5, 5.41) is 11.9.